The van der Waals surface area contributed by atoms with Crippen LogP contribution in [0.1, 0.15) is 26.2 Å². The monoisotopic (exact) mass is 297 g/mol. The van der Waals surface area contributed by atoms with Crippen molar-refractivity contribution in [2.45, 2.75) is 31.1 Å². The fourth-order valence-corrected chi connectivity index (χ4v) is 3.92. The van der Waals surface area contributed by atoms with Crippen LogP contribution < -0.4 is 5.32 Å². The van der Waals surface area contributed by atoms with Crippen LogP contribution in [0, 0.1) is 5.92 Å². The second-order valence-corrected chi connectivity index (χ2v) is 7.18. The highest BCUT2D eigenvalue weighted by molar-refractivity contribution is 7.89. The standard InChI is InChI=1S/C14H23N3O2S/c1-2-7-15-11-13-5-9-17(10-6-13)20(18,19)14-4-3-8-16-12-14/h3-4,8,12-13,15H,2,5-7,9-11H2,1H3. The van der Waals surface area contributed by atoms with Crippen LogP contribution in [-0.4, -0.2) is 43.9 Å². The highest BCUT2D eigenvalue weighted by atomic mass is 32.2. The fraction of sp³-hybridized carbons (Fsp3) is 0.643. The summed E-state index contributed by atoms with van der Waals surface area (Å²) < 4.78 is 26.4. The van der Waals surface area contributed by atoms with Gasteiger partial charge in [0.15, 0.2) is 0 Å². The number of aromatic nitrogens is 1. The first-order valence-corrected chi connectivity index (χ1v) is 8.69. The minimum atomic E-state index is -3.36. The molecule has 0 atom stereocenters. The summed E-state index contributed by atoms with van der Waals surface area (Å²) in [6.07, 6.45) is 6.00. The Bertz CT molecular complexity index is 496. The Morgan fingerprint density at radius 1 is 1.40 bits per heavy atom. The summed E-state index contributed by atoms with van der Waals surface area (Å²) >= 11 is 0. The maximum absolute atomic E-state index is 12.4. The van der Waals surface area contributed by atoms with Crippen LogP contribution in [0.15, 0.2) is 29.4 Å². The third-order valence-electron chi connectivity index (χ3n) is 3.71. The van der Waals surface area contributed by atoms with E-state index in [1.165, 1.54) is 6.20 Å². The summed E-state index contributed by atoms with van der Waals surface area (Å²) in [6.45, 7) is 5.39. The maximum Gasteiger partial charge on any atom is 0.244 e. The quantitative estimate of drug-likeness (QED) is 0.808. The first-order chi connectivity index (χ1) is 9.64. The molecule has 0 bridgehead atoms. The molecule has 6 heteroatoms. The molecule has 1 fully saturated rings. The van der Waals surface area contributed by atoms with Crippen LogP contribution >= 0.6 is 0 Å². The Hall–Kier alpha value is -0.980. The van der Waals surface area contributed by atoms with Crippen LogP contribution in [0.2, 0.25) is 0 Å². The number of nitrogens with zero attached hydrogens (tertiary/aromatic N) is 2. The van der Waals surface area contributed by atoms with Gasteiger partial charge in [0, 0.05) is 25.5 Å². The van der Waals surface area contributed by atoms with Crippen LogP contribution in [0.3, 0.4) is 0 Å². The van der Waals surface area contributed by atoms with Crippen molar-refractivity contribution in [2.75, 3.05) is 26.2 Å². The third-order valence-corrected chi connectivity index (χ3v) is 5.59. The van der Waals surface area contributed by atoms with E-state index >= 15 is 0 Å². The van der Waals surface area contributed by atoms with E-state index in [2.05, 4.69) is 17.2 Å². The van der Waals surface area contributed by atoms with Crippen molar-refractivity contribution in [1.29, 1.82) is 0 Å². The molecule has 0 saturated carbocycles. The number of rotatable bonds is 6. The van der Waals surface area contributed by atoms with Crippen LogP contribution in [0.4, 0.5) is 0 Å². The van der Waals surface area contributed by atoms with Gasteiger partial charge in [0.2, 0.25) is 10.0 Å². The highest BCUT2D eigenvalue weighted by Crippen LogP contribution is 2.22. The van der Waals surface area contributed by atoms with Crippen molar-refractivity contribution >= 4 is 10.0 Å². The van der Waals surface area contributed by atoms with E-state index < -0.39 is 10.0 Å². The van der Waals surface area contributed by atoms with Gasteiger partial charge in [0.25, 0.3) is 0 Å². The average molecular weight is 297 g/mol. The highest BCUT2D eigenvalue weighted by Gasteiger charge is 2.29. The van der Waals surface area contributed by atoms with E-state index in [9.17, 15) is 8.42 Å². The Morgan fingerprint density at radius 3 is 2.75 bits per heavy atom. The Balaban J connectivity index is 1.90. The molecular formula is C14H23N3O2S. The fourth-order valence-electron chi connectivity index (χ4n) is 2.49. The van der Waals surface area contributed by atoms with E-state index in [1.807, 2.05) is 0 Å². The predicted octanol–water partition coefficient (Wildman–Crippen LogP) is 1.48. The van der Waals surface area contributed by atoms with Gasteiger partial charge in [-0.3, -0.25) is 4.98 Å². The van der Waals surface area contributed by atoms with Gasteiger partial charge in [0.05, 0.1) is 0 Å². The maximum atomic E-state index is 12.4. The van der Waals surface area contributed by atoms with Gasteiger partial charge >= 0.3 is 0 Å². The Kier molecular flexibility index (Phi) is 5.51. The van der Waals surface area contributed by atoms with Crippen molar-refractivity contribution in [3.63, 3.8) is 0 Å². The Labute approximate surface area is 121 Å². The molecule has 1 saturated heterocycles. The van der Waals surface area contributed by atoms with Gasteiger partial charge in [0.1, 0.15) is 4.90 Å². The predicted molar refractivity (Wildman–Crippen MR) is 78.9 cm³/mol. The molecule has 0 radical (unpaired) electrons. The molecule has 20 heavy (non-hydrogen) atoms. The average Bonchev–Trinajstić information content (AvgIpc) is 2.49. The SMILES string of the molecule is CCCNCC1CCN(S(=O)(=O)c2cccnc2)CC1. The first kappa shape index (κ1) is 15.4. The van der Waals surface area contributed by atoms with E-state index in [0.29, 0.717) is 23.9 Å². The number of hydrogen-bond donors (Lipinski definition) is 1. The molecule has 2 heterocycles. The molecule has 5 nitrogen and oxygen atoms in total. The summed E-state index contributed by atoms with van der Waals surface area (Å²) in [7, 11) is -3.36. The molecule has 1 aromatic rings. The lowest BCUT2D eigenvalue weighted by molar-refractivity contribution is 0.267. The smallest absolute Gasteiger partial charge is 0.244 e. The molecule has 0 amide bonds. The molecular weight excluding hydrogens is 274 g/mol. The van der Waals surface area contributed by atoms with E-state index in [0.717, 1.165) is 32.4 Å². The van der Waals surface area contributed by atoms with E-state index in [1.54, 1.807) is 22.6 Å². The molecule has 2 rings (SSSR count). The molecule has 0 unspecified atom stereocenters. The van der Waals surface area contributed by atoms with Crippen LogP contribution in [-0.2, 0) is 10.0 Å². The van der Waals surface area contributed by atoms with Crippen molar-refractivity contribution in [3.8, 4) is 0 Å². The van der Waals surface area contributed by atoms with Crippen molar-refractivity contribution in [1.82, 2.24) is 14.6 Å². The summed E-state index contributed by atoms with van der Waals surface area (Å²) in [4.78, 5) is 4.19. The van der Waals surface area contributed by atoms with Crippen molar-refractivity contribution in [3.05, 3.63) is 24.5 Å². The molecule has 1 aliphatic heterocycles. The van der Waals surface area contributed by atoms with Crippen molar-refractivity contribution in [2.24, 2.45) is 5.92 Å². The molecule has 0 aromatic carbocycles. The van der Waals surface area contributed by atoms with Gasteiger partial charge < -0.3 is 5.32 Å². The molecule has 0 spiro atoms. The second-order valence-electron chi connectivity index (χ2n) is 5.24. The first-order valence-electron chi connectivity index (χ1n) is 7.25. The van der Waals surface area contributed by atoms with Gasteiger partial charge in [-0.25, -0.2) is 8.42 Å². The zero-order valence-corrected chi connectivity index (χ0v) is 12.8. The van der Waals surface area contributed by atoms with Crippen LogP contribution in [0.25, 0.3) is 0 Å². The van der Waals surface area contributed by atoms with Crippen molar-refractivity contribution < 1.29 is 8.42 Å². The molecule has 0 aliphatic carbocycles. The van der Waals surface area contributed by atoms with Gasteiger partial charge in [-0.2, -0.15) is 4.31 Å². The molecule has 1 aromatic heterocycles. The number of nitrogens with one attached hydrogen (secondary N) is 1. The second kappa shape index (κ2) is 7.15. The zero-order valence-electron chi connectivity index (χ0n) is 12.0. The number of pyridine rings is 1. The zero-order chi connectivity index (χ0) is 14.4. The lowest BCUT2D eigenvalue weighted by atomic mass is 9.98. The number of sulfonamides is 1. The van der Waals surface area contributed by atoms with E-state index in [-0.39, 0.29) is 0 Å². The minimum Gasteiger partial charge on any atom is -0.316 e. The normalized spacial score (nSPS) is 18.2. The topological polar surface area (TPSA) is 62.3 Å². The lowest BCUT2D eigenvalue weighted by Crippen LogP contribution is -2.40. The summed E-state index contributed by atoms with van der Waals surface area (Å²) in [6, 6.07) is 3.27. The number of hydrogen-bond acceptors (Lipinski definition) is 4. The third kappa shape index (κ3) is 3.77. The molecule has 112 valence electrons. The molecule has 1 N–H and O–H groups in total. The summed E-state index contributed by atoms with van der Waals surface area (Å²) in [5.74, 6) is 0.585. The van der Waals surface area contributed by atoms with Crippen LogP contribution in [0.5, 0.6) is 0 Å². The largest absolute Gasteiger partial charge is 0.316 e. The van der Waals surface area contributed by atoms with Gasteiger partial charge in [-0.15, -0.1) is 0 Å². The summed E-state index contributed by atoms with van der Waals surface area (Å²) in [5.41, 5.74) is 0. The lowest BCUT2D eigenvalue weighted by Gasteiger charge is -2.31. The van der Waals surface area contributed by atoms with E-state index in [4.69, 9.17) is 0 Å². The van der Waals surface area contributed by atoms with Gasteiger partial charge in [-0.1, -0.05) is 6.92 Å². The minimum absolute atomic E-state index is 0.294. The molecule has 1 aliphatic rings. The summed E-state index contributed by atoms with van der Waals surface area (Å²) in [5, 5.41) is 3.41. The number of piperidine rings is 1. The Morgan fingerprint density at radius 2 is 2.15 bits per heavy atom. The van der Waals surface area contributed by atoms with Gasteiger partial charge in [-0.05, 0) is 50.4 Å².